The Labute approximate surface area is 176 Å². The SMILES string of the molecule is CC[C@H](C)CC(=O)c1ccc(CSc2c(Cl)ccc3c2CCNCC3)cc1F. The Morgan fingerprint density at radius 1 is 1.25 bits per heavy atom. The third-order valence-corrected chi connectivity index (χ3v) is 7.04. The Bertz CT molecular complexity index is 855. The van der Waals surface area contributed by atoms with Gasteiger partial charge in [0.1, 0.15) is 5.82 Å². The molecule has 1 atom stereocenters. The number of ketones is 1. The monoisotopic (exact) mass is 419 g/mol. The Kier molecular flexibility index (Phi) is 7.55. The van der Waals surface area contributed by atoms with E-state index >= 15 is 0 Å². The molecule has 1 N–H and O–H groups in total. The number of nitrogens with one attached hydrogen (secondary N) is 1. The maximum absolute atomic E-state index is 14.5. The second-order valence-electron chi connectivity index (χ2n) is 7.51. The van der Waals surface area contributed by atoms with Gasteiger partial charge in [0.2, 0.25) is 0 Å². The smallest absolute Gasteiger partial charge is 0.166 e. The van der Waals surface area contributed by atoms with Crippen LogP contribution >= 0.6 is 23.4 Å². The minimum Gasteiger partial charge on any atom is -0.316 e. The molecule has 28 heavy (non-hydrogen) atoms. The van der Waals surface area contributed by atoms with Crippen molar-refractivity contribution in [2.24, 2.45) is 5.92 Å². The normalized spacial score (nSPS) is 15.0. The van der Waals surface area contributed by atoms with Crippen molar-refractivity contribution in [3.8, 4) is 0 Å². The van der Waals surface area contributed by atoms with E-state index in [2.05, 4.69) is 11.4 Å². The lowest BCUT2D eigenvalue weighted by molar-refractivity contribution is 0.0959. The Balaban J connectivity index is 1.74. The number of fused-ring (bicyclic) bond motifs is 1. The molecule has 0 saturated heterocycles. The van der Waals surface area contributed by atoms with Gasteiger partial charge in [0.05, 0.1) is 10.6 Å². The molecule has 0 saturated carbocycles. The molecule has 150 valence electrons. The zero-order valence-electron chi connectivity index (χ0n) is 16.5. The molecule has 2 aromatic carbocycles. The summed E-state index contributed by atoms with van der Waals surface area (Å²) in [6.45, 7) is 5.99. The molecular weight excluding hydrogens is 393 g/mol. The average Bonchev–Trinajstić information content (AvgIpc) is 2.92. The number of hydrogen-bond donors (Lipinski definition) is 1. The largest absolute Gasteiger partial charge is 0.316 e. The Morgan fingerprint density at radius 2 is 2.04 bits per heavy atom. The van der Waals surface area contributed by atoms with E-state index in [-0.39, 0.29) is 17.3 Å². The molecule has 1 heterocycles. The molecule has 5 heteroatoms. The third-order valence-electron chi connectivity index (χ3n) is 5.38. The predicted molar refractivity (Wildman–Crippen MR) is 116 cm³/mol. The van der Waals surface area contributed by atoms with Gasteiger partial charge in [0.15, 0.2) is 5.78 Å². The van der Waals surface area contributed by atoms with E-state index in [0.717, 1.165) is 47.8 Å². The summed E-state index contributed by atoms with van der Waals surface area (Å²) in [5.74, 6) is 0.357. The van der Waals surface area contributed by atoms with Crippen molar-refractivity contribution < 1.29 is 9.18 Å². The lowest BCUT2D eigenvalue weighted by atomic mass is 9.97. The fourth-order valence-corrected chi connectivity index (χ4v) is 4.91. The lowest BCUT2D eigenvalue weighted by Crippen LogP contribution is -2.16. The first-order valence-electron chi connectivity index (χ1n) is 9.95. The van der Waals surface area contributed by atoms with Crippen LogP contribution in [0.15, 0.2) is 35.2 Å². The van der Waals surface area contributed by atoms with Gasteiger partial charge >= 0.3 is 0 Å². The van der Waals surface area contributed by atoms with E-state index < -0.39 is 5.82 Å². The quantitative estimate of drug-likeness (QED) is 0.435. The molecule has 0 radical (unpaired) electrons. The highest BCUT2D eigenvalue weighted by Gasteiger charge is 2.17. The maximum Gasteiger partial charge on any atom is 0.166 e. The zero-order chi connectivity index (χ0) is 20.1. The van der Waals surface area contributed by atoms with Crippen molar-refractivity contribution in [3.05, 3.63) is 63.4 Å². The fraction of sp³-hybridized carbons (Fsp3) is 0.435. The van der Waals surface area contributed by atoms with E-state index in [4.69, 9.17) is 11.6 Å². The van der Waals surface area contributed by atoms with Crippen molar-refractivity contribution >= 4 is 29.1 Å². The van der Waals surface area contributed by atoms with Gasteiger partial charge < -0.3 is 5.32 Å². The number of thioether (sulfide) groups is 1. The Hall–Kier alpha value is -1.36. The van der Waals surface area contributed by atoms with Crippen molar-refractivity contribution in [1.29, 1.82) is 0 Å². The van der Waals surface area contributed by atoms with Crippen LogP contribution in [0.5, 0.6) is 0 Å². The van der Waals surface area contributed by atoms with E-state index in [0.29, 0.717) is 12.2 Å². The van der Waals surface area contributed by atoms with E-state index in [1.807, 2.05) is 26.0 Å². The standard InChI is InChI=1S/C23H27ClFNOS/c1-3-15(2)12-22(27)19-6-4-16(13-21(19)25)14-28-23-18-9-11-26-10-8-17(18)5-7-20(23)24/h4-7,13,15,26H,3,8-12,14H2,1-2H3/t15-/m0/s1. The van der Waals surface area contributed by atoms with Gasteiger partial charge in [-0.15, -0.1) is 11.8 Å². The van der Waals surface area contributed by atoms with Crippen molar-refractivity contribution in [1.82, 2.24) is 5.32 Å². The molecule has 2 nitrogen and oxygen atoms in total. The number of benzene rings is 2. The number of carbonyl (C=O) groups excluding carboxylic acids is 1. The molecule has 3 rings (SSSR count). The molecular formula is C23H27ClFNOS. The molecule has 0 bridgehead atoms. The summed E-state index contributed by atoms with van der Waals surface area (Å²) in [5.41, 5.74) is 3.71. The summed E-state index contributed by atoms with van der Waals surface area (Å²) in [6.07, 6.45) is 3.26. The van der Waals surface area contributed by atoms with Crippen LogP contribution in [0.3, 0.4) is 0 Å². The van der Waals surface area contributed by atoms with Gasteiger partial charge in [0, 0.05) is 17.1 Å². The topological polar surface area (TPSA) is 29.1 Å². The molecule has 2 aromatic rings. The van der Waals surface area contributed by atoms with Gasteiger partial charge in [-0.3, -0.25) is 4.79 Å². The van der Waals surface area contributed by atoms with Gasteiger partial charge in [-0.2, -0.15) is 0 Å². The summed E-state index contributed by atoms with van der Waals surface area (Å²) in [7, 11) is 0. The Morgan fingerprint density at radius 3 is 2.79 bits per heavy atom. The average molecular weight is 420 g/mol. The molecule has 0 aliphatic carbocycles. The fourth-order valence-electron chi connectivity index (χ4n) is 3.47. The minimum absolute atomic E-state index is 0.116. The summed E-state index contributed by atoms with van der Waals surface area (Å²) in [5, 5.41) is 4.18. The highest BCUT2D eigenvalue weighted by molar-refractivity contribution is 7.98. The first-order valence-corrected chi connectivity index (χ1v) is 11.3. The molecule has 1 aliphatic rings. The summed E-state index contributed by atoms with van der Waals surface area (Å²) >= 11 is 8.13. The van der Waals surface area contributed by atoms with Crippen LogP contribution in [-0.2, 0) is 18.6 Å². The second kappa shape index (κ2) is 9.91. The van der Waals surface area contributed by atoms with Crippen LogP contribution in [0.25, 0.3) is 0 Å². The van der Waals surface area contributed by atoms with E-state index in [9.17, 15) is 9.18 Å². The molecule has 0 amide bonds. The highest BCUT2D eigenvalue weighted by atomic mass is 35.5. The van der Waals surface area contributed by atoms with Crippen LogP contribution in [0.4, 0.5) is 4.39 Å². The summed E-state index contributed by atoms with van der Waals surface area (Å²) < 4.78 is 14.5. The number of Topliss-reactive ketones (excluding diaryl/α,β-unsaturated/α-hetero) is 1. The number of carbonyl (C=O) groups is 1. The van der Waals surface area contributed by atoms with Gasteiger partial charge in [0.25, 0.3) is 0 Å². The highest BCUT2D eigenvalue weighted by Crippen LogP contribution is 2.36. The van der Waals surface area contributed by atoms with Crippen molar-refractivity contribution in [2.75, 3.05) is 13.1 Å². The second-order valence-corrected chi connectivity index (χ2v) is 8.90. The van der Waals surface area contributed by atoms with Crippen LogP contribution in [-0.4, -0.2) is 18.9 Å². The van der Waals surface area contributed by atoms with E-state index in [1.165, 1.54) is 17.2 Å². The number of halogens is 2. The van der Waals surface area contributed by atoms with Crippen molar-refractivity contribution in [3.63, 3.8) is 0 Å². The predicted octanol–water partition coefficient (Wildman–Crippen LogP) is 6.08. The molecule has 0 aromatic heterocycles. The van der Waals surface area contributed by atoms with Crippen LogP contribution in [0.1, 0.15) is 53.7 Å². The van der Waals surface area contributed by atoms with Gasteiger partial charge in [-0.1, -0.05) is 44.0 Å². The molecule has 1 aliphatic heterocycles. The number of rotatable bonds is 7. The third kappa shape index (κ3) is 5.16. The van der Waals surface area contributed by atoms with Crippen LogP contribution in [0, 0.1) is 11.7 Å². The summed E-state index contributed by atoms with van der Waals surface area (Å²) in [6, 6.07) is 9.06. The zero-order valence-corrected chi connectivity index (χ0v) is 18.1. The minimum atomic E-state index is -0.423. The first-order chi connectivity index (χ1) is 13.5. The number of hydrogen-bond acceptors (Lipinski definition) is 3. The van der Waals surface area contributed by atoms with Crippen LogP contribution < -0.4 is 5.32 Å². The first kappa shape index (κ1) is 21.4. The molecule has 0 fully saturated rings. The van der Waals surface area contributed by atoms with E-state index in [1.54, 1.807) is 17.8 Å². The van der Waals surface area contributed by atoms with Gasteiger partial charge in [-0.05, 0) is 66.7 Å². The lowest BCUT2D eigenvalue weighted by Gasteiger charge is -2.14. The van der Waals surface area contributed by atoms with Crippen molar-refractivity contribution in [2.45, 2.75) is 50.2 Å². The molecule has 0 unspecified atom stereocenters. The maximum atomic E-state index is 14.5. The molecule has 0 spiro atoms. The summed E-state index contributed by atoms with van der Waals surface area (Å²) in [4.78, 5) is 13.4. The van der Waals surface area contributed by atoms with Crippen LogP contribution in [0.2, 0.25) is 5.02 Å². The van der Waals surface area contributed by atoms with Gasteiger partial charge in [-0.25, -0.2) is 4.39 Å².